The number of alkyl halides is 2. The number of aryl methyl sites for hydroxylation is 1. The largest absolute Gasteiger partial charge is 0.439 e. The zero-order valence-electron chi connectivity index (χ0n) is 14.4. The molecule has 0 spiro atoms. The highest BCUT2D eigenvalue weighted by atomic mass is 32.2. The zero-order chi connectivity index (χ0) is 20.3. The van der Waals surface area contributed by atoms with Crippen LogP contribution in [0, 0.1) is 6.92 Å². The van der Waals surface area contributed by atoms with E-state index in [1.165, 1.54) is 17.5 Å². The predicted octanol–water partition coefficient (Wildman–Crippen LogP) is 4.49. The summed E-state index contributed by atoms with van der Waals surface area (Å²) in [6.07, 6.45) is 1.66. The fourth-order valence-electron chi connectivity index (χ4n) is 2.21. The van der Waals surface area contributed by atoms with Gasteiger partial charge in [0, 0.05) is 18.0 Å². The van der Waals surface area contributed by atoms with Crippen LogP contribution in [0.15, 0.2) is 58.9 Å². The Labute approximate surface area is 163 Å². The standard InChI is InChI=1S/C18H14F2N2O4S2/c1-11-2-7-15(21-10-11)26-13-5-3-12(4-6-13)22-17(23)16-14(8-9-27-16)28(24,25)18(19)20/h2-10,18H,1H3,(H,22,23). The predicted molar refractivity (Wildman–Crippen MR) is 101 cm³/mol. The van der Waals surface area contributed by atoms with E-state index in [1.54, 1.807) is 24.4 Å². The summed E-state index contributed by atoms with van der Waals surface area (Å²) in [4.78, 5) is 15.5. The van der Waals surface area contributed by atoms with Crippen LogP contribution >= 0.6 is 11.3 Å². The first-order chi connectivity index (χ1) is 13.3. The second-order valence-electron chi connectivity index (χ2n) is 5.67. The minimum Gasteiger partial charge on any atom is -0.439 e. The fraction of sp³-hybridized carbons (Fsp3) is 0.111. The molecule has 1 amide bonds. The third-order valence-electron chi connectivity index (χ3n) is 3.60. The number of rotatable bonds is 6. The van der Waals surface area contributed by atoms with Gasteiger partial charge in [-0.05, 0) is 48.2 Å². The number of pyridine rings is 1. The van der Waals surface area contributed by atoms with Gasteiger partial charge >= 0.3 is 5.76 Å². The minimum atomic E-state index is -4.86. The van der Waals surface area contributed by atoms with Crippen molar-refractivity contribution in [1.82, 2.24) is 4.98 Å². The van der Waals surface area contributed by atoms with E-state index in [2.05, 4.69) is 10.3 Å². The second kappa shape index (κ2) is 8.03. The Hall–Kier alpha value is -2.85. The molecule has 2 aromatic heterocycles. The van der Waals surface area contributed by atoms with Gasteiger partial charge in [0.05, 0.1) is 4.90 Å². The van der Waals surface area contributed by atoms with E-state index in [1.807, 2.05) is 13.0 Å². The third-order valence-corrected chi connectivity index (χ3v) is 6.06. The average Bonchev–Trinajstić information content (AvgIpc) is 3.16. The van der Waals surface area contributed by atoms with Crippen molar-refractivity contribution in [1.29, 1.82) is 0 Å². The van der Waals surface area contributed by atoms with Gasteiger partial charge in [0.2, 0.25) is 15.7 Å². The van der Waals surface area contributed by atoms with Crippen LogP contribution in [0.1, 0.15) is 15.2 Å². The average molecular weight is 424 g/mol. The molecule has 0 atom stereocenters. The van der Waals surface area contributed by atoms with Crippen molar-refractivity contribution < 1.29 is 26.7 Å². The first-order valence-corrected chi connectivity index (χ1v) is 10.3. The first-order valence-electron chi connectivity index (χ1n) is 7.89. The Morgan fingerprint density at radius 2 is 1.86 bits per heavy atom. The molecule has 3 aromatic rings. The molecule has 2 heterocycles. The molecule has 28 heavy (non-hydrogen) atoms. The lowest BCUT2D eigenvalue weighted by Crippen LogP contribution is -2.17. The fourth-order valence-corrected chi connectivity index (χ4v) is 4.27. The Morgan fingerprint density at radius 1 is 1.14 bits per heavy atom. The van der Waals surface area contributed by atoms with Gasteiger partial charge in [-0.3, -0.25) is 4.79 Å². The summed E-state index contributed by atoms with van der Waals surface area (Å²) in [7, 11) is -4.86. The van der Waals surface area contributed by atoms with E-state index in [4.69, 9.17) is 4.74 Å². The number of halogens is 2. The van der Waals surface area contributed by atoms with E-state index in [0.717, 1.165) is 23.0 Å². The lowest BCUT2D eigenvalue weighted by molar-refractivity contribution is 0.102. The number of thiophene rings is 1. The van der Waals surface area contributed by atoms with Gasteiger partial charge in [-0.25, -0.2) is 13.4 Å². The molecule has 10 heteroatoms. The zero-order valence-corrected chi connectivity index (χ0v) is 16.1. The summed E-state index contributed by atoms with van der Waals surface area (Å²) in [5, 5.41) is 3.76. The van der Waals surface area contributed by atoms with Gasteiger partial charge in [0.1, 0.15) is 10.6 Å². The highest BCUT2D eigenvalue weighted by molar-refractivity contribution is 7.92. The van der Waals surface area contributed by atoms with Crippen LogP contribution in [0.2, 0.25) is 0 Å². The van der Waals surface area contributed by atoms with Crippen LogP contribution in [-0.2, 0) is 9.84 Å². The number of hydrogen-bond donors (Lipinski definition) is 1. The van der Waals surface area contributed by atoms with Gasteiger partial charge in [-0.15, -0.1) is 11.3 Å². The number of carbonyl (C=O) groups excluding carboxylic acids is 1. The molecule has 3 rings (SSSR count). The maximum Gasteiger partial charge on any atom is 0.341 e. The Morgan fingerprint density at radius 3 is 2.46 bits per heavy atom. The van der Waals surface area contributed by atoms with Crippen molar-refractivity contribution in [2.24, 2.45) is 0 Å². The van der Waals surface area contributed by atoms with Gasteiger partial charge in [-0.1, -0.05) is 6.07 Å². The van der Waals surface area contributed by atoms with Crippen molar-refractivity contribution >= 4 is 32.8 Å². The first kappa shape index (κ1) is 19.9. The number of amides is 1. The molecule has 146 valence electrons. The van der Waals surface area contributed by atoms with Crippen molar-refractivity contribution in [3.8, 4) is 11.6 Å². The summed E-state index contributed by atoms with van der Waals surface area (Å²) in [6.45, 7) is 1.90. The number of hydrogen-bond acceptors (Lipinski definition) is 6. The molecule has 0 unspecified atom stereocenters. The number of carbonyl (C=O) groups is 1. The van der Waals surface area contributed by atoms with Gasteiger partial charge < -0.3 is 10.1 Å². The van der Waals surface area contributed by atoms with Crippen LogP contribution in [0.3, 0.4) is 0 Å². The number of nitrogens with one attached hydrogen (secondary N) is 1. The van der Waals surface area contributed by atoms with E-state index in [-0.39, 0.29) is 4.88 Å². The molecular formula is C18H14F2N2O4S2. The van der Waals surface area contributed by atoms with Crippen molar-refractivity contribution in [2.75, 3.05) is 5.32 Å². The highest BCUT2D eigenvalue weighted by Crippen LogP contribution is 2.28. The lowest BCUT2D eigenvalue weighted by Gasteiger charge is -2.08. The van der Waals surface area contributed by atoms with E-state index < -0.39 is 26.4 Å². The van der Waals surface area contributed by atoms with Gasteiger partial charge in [-0.2, -0.15) is 8.78 Å². The molecule has 1 N–H and O–H groups in total. The van der Waals surface area contributed by atoms with E-state index in [0.29, 0.717) is 17.3 Å². The van der Waals surface area contributed by atoms with Crippen LogP contribution in [-0.4, -0.2) is 25.1 Å². The van der Waals surface area contributed by atoms with Gasteiger partial charge in [0.15, 0.2) is 0 Å². The summed E-state index contributed by atoms with van der Waals surface area (Å²) >= 11 is 0.770. The summed E-state index contributed by atoms with van der Waals surface area (Å²) < 4.78 is 54.4. The number of nitrogens with zero attached hydrogens (tertiary/aromatic N) is 1. The maximum absolute atomic E-state index is 12.8. The van der Waals surface area contributed by atoms with Crippen LogP contribution < -0.4 is 10.1 Å². The lowest BCUT2D eigenvalue weighted by atomic mass is 10.3. The Bertz CT molecular complexity index is 1080. The number of benzene rings is 1. The maximum atomic E-state index is 12.8. The van der Waals surface area contributed by atoms with Crippen LogP contribution in [0.5, 0.6) is 11.6 Å². The molecule has 0 bridgehead atoms. The van der Waals surface area contributed by atoms with E-state index in [9.17, 15) is 22.0 Å². The molecule has 0 saturated carbocycles. The van der Waals surface area contributed by atoms with Crippen molar-refractivity contribution in [3.63, 3.8) is 0 Å². The molecule has 0 aliphatic heterocycles. The monoisotopic (exact) mass is 424 g/mol. The highest BCUT2D eigenvalue weighted by Gasteiger charge is 2.32. The molecule has 0 radical (unpaired) electrons. The molecule has 0 aliphatic rings. The Kier molecular flexibility index (Phi) is 5.71. The normalized spacial score (nSPS) is 11.4. The quantitative estimate of drug-likeness (QED) is 0.630. The SMILES string of the molecule is Cc1ccc(Oc2ccc(NC(=O)c3sccc3S(=O)(=O)C(F)F)cc2)nc1. The second-order valence-corrected chi connectivity index (χ2v) is 8.48. The number of anilines is 1. The van der Waals surface area contributed by atoms with Gasteiger partial charge in [0.25, 0.3) is 5.91 Å². The van der Waals surface area contributed by atoms with Crippen molar-refractivity contribution in [2.45, 2.75) is 17.6 Å². The smallest absolute Gasteiger partial charge is 0.341 e. The molecule has 6 nitrogen and oxygen atoms in total. The molecule has 0 aliphatic carbocycles. The van der Waals surface area contributed by atoms with Crippen molar-refractivity contribution in [3.05, 3.63) is 64.5 Å². The van der Waals surface area contributed by atoms with Crippen LogP contribution in [0.25, 0.3) is 0 Å². The molecule has 0 saturated heterocycles. The number of sulfone groups is 1. The summed E-state index contributed by atoms with van der Waals surface area (Å²) in [5.74, 6) is -3.50. The molecule has 1 aromatic carbocycles. The summed E-state index contributed by atoms with van der Waals surface area (Å²) in [5.41, 5.74) is 1.34. The third kappa shape index (κ3) is 4.34. The number of aromatic nitrogens is 1. The molecular weight excluding hydrogens is 410 g/mol. The summed E-state index contributed by atoms with van der Waals surface area (Å²) in [6, 6.07) is 10.8. The Balaban J connectivity index is 1.72. The number of ether oxygens (including phenoxy) is 1. The van der Waals surface area contributed by atoms with Crippen LogP contribution in [0.4, 0.5) is 14.5 Å². The molecule has 0 fully saturated rings. The minimum absolute atomic E-state index is 0.301. The topological polar surface area (TPSA) is 85.4 Å². The van der Waals surface area contributed by atoms with E-state index >= 15 is 0 Å².